The second kappa shape index (κ2) is 14.2. The standard InChI is InChI=1S/C28H24N4O13S4/c1-29-23(40)21(45-28(29)46)26-32(10-20(38)39)24(41)22(49-26)27(47-3)31(9-19(36)37)17(33)5-4-13(42-2)25-30(8-18(34)35)12-6-14-15(44-11-43-14)7-16(12)48-25/h4-7H,8-11H2,1-3H3,(H,34,35)(H,36,37)(H,38,39)/b5-4?,25-13-,26-21+,27-22+. The number of carbonyl (C=O) groups is 5. The number of fused-ring (bicyclic) bond motifs is 2. The van der Waals surface area contributed by atoms with Gasteiger partial charge < -0.3 is 39.2 Å². The number of thioether (sulfide) groups is 2. The molecule has 5 rings (SSSR count). The number of carbonyl (C=O) groups excluding carboxylic acids is 2. The second-order valence-corrected chi connectivity index (χ2v) is 13.0. The number of ether oxygens (including phenoxy) is 4. The first-order valence-electron chi connectivity index (χ1n) is 13.6. The fraction of sp³-hybridized carbons (Fsp3) is 0.250. The normalized spacial score (nSPS) is 17.7. The highest BCUT2D eigenvalue weighted by molar-refractivity contribution is 8.07. The highest BCUT2D eigenvalue weighted by Gasteiger charge is 2.35. The summed E-state index contributed by atoms with van der Waals surface area (Å²) in [6, 6.07) is 3.30. The number of methoxy groups -OCH3 is 1. The van der Waals surface area contributed by atoms with Gasteiger partial charge in [0.1, 0.15) is 44.6 Å². The first-order valence-corrected chi connectivity index (χ1v) is 16.9. The van der Waals surface area contributed by atoms with Gasteiger partial charge in [-0.15, -0.1) is 23.1 Å². The van der Waals surface area contributed by atoms with Gasteiger partial charge >= 0.3 is 17.9 Å². The molecular weight excluding hydrogens is 729 g/mol. The van der Waals surface area contributed by atoms with Gasteiger partial charge in [-0.1, -0.05) is 11.8 Å². The molecule has 3 aliphatic rings. The zero-order valence-corrected chi connectivity index (χ0v) is 28.7. The number of hydrogen-bond donors (Lipinski definition) is 3. The minimum absolute atomic E-state index is 0.0114. The number of rotatable bonds is 11. The number of anilines is 1. The molecule has 49 heavy (non-hydrogen) atoms. The zero-order chi connectivity index (χ0) is 35.7. The molecule has 1 aromatic carbocycles. The molecule has 3 N–H and O–H groups in total. The molecule has 4 heterocycles. The van der Waals surface area contributed by atoms with Crippen LogP contribution >= 0.6 is 47.1 Å². The number of aliphatic carboxylic acids is 3. The molecule has 0 bridgehead atoms. The molecule has 0 spiro atoms. The predicted octanol–water partition coefficient (Wildman–Crippen LogP) is 0.0153. The van der Waals surface area contributed by atoms with Crippen LogP contribution in [0.5, 0.6) is 11.5 Å². The summed E-state index contributed by atoms with van der Waals surface area (Å²) in [6.07, 6.45) is 3.67. The number of carboxylic acids is 3. The second-order valence-electron chi connectivity index (χ2n) is 9.87. The molecule has 3 aliphatic heterocycles. The molecule has 17 nitrogen and oxygen atoms in total. The van der Waals surface area contributed by atoms with Gasteiger partial charge in [-0.25, -0.2) is 0 Å². The summed E-state index contributed by atoms with van der Waals surface area (Å²) in [5, 5.41) is 28.8. The largest absolute Gasteiger partial charge is 0.494 e. The van der Waals surface area contributed by atoms with Crippen molar-refractivity contribution in [2.75, 3.05) is 45.2 Å². The third-order valence-electron chi connectivity index (χ3n) is 6.82. The number of amides is 2. The Morgan fingerprint density at radius 3 is 2.31 bits per heavy atom. The van der Waals surface area contributed by atoms with E-state index in [1.165, 1.54) is 31.4 Å². The molecule has 0 atom stereocenters. The number of benzene rings is 1. The van der Waals surface area contributed by atoms with E-state index in [0.717, 1.165) is 44.0 Å². The van der Waals surface area contributed by atoms with E-state index in [2.05, 4.69) is 0 Å². The molecule has 0 saturated carbocycles. The molecule has 0 unspecified atom stereocenters. The van der Waals surface area contributed by atoms with E-state index >= 15 is 0 Å². The number of allylic oxidation sites excluding steroid dienone is 1. The number of carboxylic acid groups (broad SMARTS) is 3. The molecule has 2 aromatic rings. The minimum Gasteiger partial charge on any atom is -0.494 e. The van der Waals surface area contributed by atoms with Crippen LogP contribution in [0.4, 0.5) is 5.69 Å². The number of nitrogens with zero attached hydrogens (tertiary/aromatic N) is 4. The van der Waals surface area contributed by atoms with Crippen molar-refractivity contribution in [3.8, 4) is 11.5 Å². The Kier molecular flexibility index (Phi) is 10.3. The summed E-state index contributed by atoms with van der Waals surface area (Å²) in [6.45, 7) is -2.26. The maximum Gasteiger partial charge on any atom is 0.323 e. The Morgan fingerprint density at radius 2 is 1.73 bits per heavy atom. The maximum absolute atomic E-state index is 13.7. The summed E-state index contributed by atoms with van der Waals surface area (Å²) in [7, 11) is 2.62. The van der Waals surface area contributed by atoms with Crippen LogP contribution in [0.25, 0.3) is 10.8 Å². The molecule has 21 heteroatoms. The summed E-state index contributed by atoms with van der Waals surface area (Å²) >= 11 is 7.60. The van der Waals surface area contributed by atoms with Crippen molar-refractivity contribution >= 4 is 98.5 Å². The van der Waals surface area contributed by atoms with E-state index in [9.17, 15) is 44.1 Å². The smallest absolute Gasteiger partial charge is 0.323 e. The van der Waals surface area contributed by atoms with E-state index in [-0.39, 0.29) is 32.0 Å². The first kappa shape index (κ1) is 35.3. The van der Waals surface area contributed by atoms with Crippen molar-refractivity contribution in [1.29, 1.82) is 0 Å². The monoisotopic (exact) mass is 752 g/mol. The molecule has 0 radical (unpaired) electrons. The summed E-state index contributed by atoms with van der Waals surface area (Å²) in [5.41, 5.74) is -0.431. The third-order valence-corrected chi connectivity index (χ3v) is 10.5. The number of likely N-dealkylation sites (N-methyl/N-ethyl adjacent to an activating group) is 1. The molecule has 0 aliphatic carbocycles. The van der Waals surface area contributed by atoms with Crippen molar-refractivity contribution in [3.05, 3.63) is 54.6 Å². The van der Waals surface area contributed by atoms with Gasteiger partial charge in [0.05, 0.1) is 12.8 Å². The van der Waals surface area contributed by atoms with Crippen molar-refractivity contribution in [3.63, 3.8) is 0 Å². The van der Waals surface area contributed by atoms with Crippen LogP contribution in [0.15, 0.2) is 44.8 Å². The molecule has 258 valence electrons. The van der Waals surface area contributed by atoms with Gasteiger partial charge in [0.15, 0.2) is 11.5 Å². The Morgan fingerprint density at radius 1 is 1.06 bits per heavy atom. The quantitative estimate of drug-likeness (QED) is 0.157. The molecule has 1 fully saturated rings. The lowest BCUT2D eigenvalue weighted by atomic mass is 10.2. The Balaban J connectivity index is 1.61. The lowest BCUT2D eigenvalue weighted by molar-refractivity contribution is -0.140. The number of thiazole rings is 1. The third kappa shape index (κ3) is 6.95. The lowest BCUT2D eigenvalue weighted by Gasteiger charge is -2.21. The van der Waals surface area contributed by atoms with Crippen molar-refractivity contribution in [2.45, 2.75) is 11.4 Å². The first-order chi connectivity index (χ1) is 23.2. The average molecular weight is 753 g/mol. The van der Waals surface area contributed by atoms with E-state index < -0.39 is 60.7 Å². The lowest BCUT2D eigenvalue weighted by Crippen LogP contribution is -2.40. The van der Waals surface area contributed by atoms with Crippen LogP contribution in [0.2, 0.25) is 0 Å². The van der Waals surface area contributed by atoms with Gasteiger partial charge in [-0.05, 0) is 24.5 Å². The molecule has 2 amide bonds. The fourth-order valence-corrected chi connectivity index (χ4v) is 8.12. The van der Waals surface area contributed by atoms with Crippen LogP contribution in [-0.4, -0.2) is 105 Å². The molecule has 1 saturated heterocycles. The van der Waals surface area contributed by atoms with Gasteiger partial charge in [0, 0.05) is 30.2 Å². The van der Waals surface area contributed by atoms with Crippen LogP contribution in [0.3, 0.4) is 0 Å². The van der Waals surface area contributed by atoms with E-state index in [1.54, 1.807) is 12.1 Å². The summed E-state index contributed by atoms with van der Waals surface area (Å²) in [5.74, 6) is -5.15. The topological polar surface area (TPSA) is 215 Å². The Labute approximate surface area is 292 Å². The van der Waals surface area contributed by atoms with E-state index in [4.69, 9.17) is 31.2 Å². The summed E-state index contributed by atoms with van der Waals surface area (Å²) in [4.78, 5) is 79.3. The van der Waals surface area contributed by atoms with Gasteiger partial charge in [-0.3, -0.25) is 43.1 Å². The highest BCUT2D eigenvalue weighted by Crippen LogP contribution is 2.52. The molecular formula is C28H24N4O13S4. The fourth-order valence-electron chi connectivity index (χ4n) is 4.69. The van der Waals surface area contributed by atoms with Crippen molar-refractivity contribution < 1.29 is 58.2 Å². The van der Waals surface area contributed by atoms with Gasteiger partial charge in [0.2, 0.25) is 12.6 Å². The number of aromatic nitrogens is 1. The Bertz CT molecular complexity index is 2070. The number of hydrogen-bond acceptors (Lipinski definition) is 15. The molecule has 1 aromatic heterocycles. The van der Waals surface area contributed by atoms with Crippen LogP contribution in [0.1, 0.15) is 0 Å². The van der Waals surface area contributed by atoms with Crippen LogP contribution in [-0.2, 0) is 40.0 Å². The average Bonchev–Trinajstić information content (AvgIpc) is 3.78. The van der Waals surface area contributed by atoms with E-state index in [0.29, 0.717) is 38.4 Å². The predicted molar refractivity (Wildman–Crippen MR) is 178 cm³/mol. The van der Waals surface area contributed by atoms with Crippen molar-refractivity contribution in [1.82, 2.24) is 14.4 Å². The minimum atomic E-state index is -1.44. The number of thiocarbonyl (C=S) groups is 1. The van der Waals surface area contributed by atoms with Gasteiger partial charge in [0.25, 0.3) is 22.5 Å². The SMILES string of the molecule is CO/C(C=CC(=O)N(CC(=O)O)/C(SC)=c1\s/c(=C2/OC(=S)N(C)C2=O)n(CC(=O)O)c1=O)=C1\Sc2cc3c(cc2N1CC(=O)O)OCO3. The van der Waals surface area contributed by atoms with Crippen LogP contribution in [0, 0.1) is 0 Å². The van der Waals surface area contributed by atoms with Crippen LogP contribution < -0.4 is 29.1 Å². The van der Waals surface area contributed by atoms with Gasteiger partial charge in [-0.2, -0.15) is 0 Å². The zero-order valence-electron chi connectivity index (χ0n) is 25.5. The highest BCUT2D eigenvalue weighted by atomic mass is 32.2. The van der Waals surface area contributed by atoms with E-state index in [1.807, 2.05) is 0 Å². The Hall–Kier alpha value is -4.99. The summed E-state index contributed by atoms with van der Waals surface area (Å²) < 4.78 is 22.1. The van der Waals surface area contributed by atoms with Crippen molar-refractivity contribution in [2.24, 2.45) is 0 Å². The maximum atomic E-state index is 13.7.